The van der Waals surface area contributed by atoms with Crippen LogP contribution >= 0.6 is 0 Å². The molecule has 0 heterocycles. The van der Waals surface area contributed by atoms with Gasteiger partial charge in [-0.25, -0.2) is 4.79 Å². The lowest BCUT2D eigenvalue weighted by Gasteiger charge is -2.21. The third kappa shape index (κ3) is 5.39. The molecule has 1 amide bonds. The van der Waals surface area contributed by atoms with Gasteiger partial charge in [-0.15, -0.1) is 0 Å². The number of rotatable bonds is 5. The van der Waals surface area contributed by atoms with Crippen LogP contribution in [0.5, 0.6) is 0 Å². The van der Waals surface area contributed by atoms with E-state index in [9.17, 15) is 4.79 Å². The number of nitrogens with two attached hydrogens (primary N) is 1. The summed E-state index contributed by atoms with van der Waals surface area (Å²) in [6, 6.07) is 18.5. The number of nitrogens with one attached hydrogen (secondary N) is 1. The molecule has 0 aliphatic heterocycles. The molecule has 4 nitrogen and oxygen atoms in total. The summed E-state index contributed by atoms with van der Waals surface area (Å²) in [5.74, 6) is 0.0577. The smallest absolute Gasteiger partial charge is 0.407 e. The molecule has 0 spiro atoms. The fourth-order valence-corrected chi connectivity index (χ4v) is 2.44. The number of ether oxygens (including phenoxy) is 1. The van der Waals surface area contributed by atoms with Crippen molar-refractivity contribution in [3.63, 3.8) is 0 Å². The van der Waals surface area contributed by atoms with Crippen molar-refractivity contribution >= 4 is 6.09 Å². The monoisotopic (exact) mass is 326 g/mol. The van der Waals surface area contributed by atoms with Crippen molar-refractivity contribution in [2.45, 2.75) is 32.3 Å². The Morgan fingerprint density at radius 1 is 1.04 bits per heavy atom. The maximum absolute atomic E-state index is 11.8. The predicted octanol–water partition coefficient (Wildman–Crippen LogP) is 3.92. The van der Waals surface area contributed by atoms with Gasteiger partial charge in [-0.3, -0.25) is 0 Å². The third-order valence-corrected chi connectivity index (χ3v) is 3.67. The van der Waals surface area contributed by atoms with E-state index >= 15 is 0 Å². The number of carbonyl (C=O) groups is 1. The normalized spacial score (nSPS) is 12.5. The van der Waals surface area contributed by atoms with Gasteiger partial charge in [-0.05, 0) is 37.5 Å². The molecule has 3 N–H and O–H groups in total. The summed E-state index contributed by atoms with van der Waals surface area (Å²) >= 11 is 0. The maximum atomic E-state index is 11.8. The van der Waals surface area contributed by atoms with Crippen LogP contribution in [0.3, 0.4) is 0 Å². The molecular formula is C20H26N2O2. The second-order valence-electron chi connectivity index (χ2n) is 6.80. The summed E-state index contributed by atoms with van der Waals surface area (Å²) in [7, 11) is 0. The van der Waals surface area contributed by atoms with Crippen molar-refractivity contribution in [2.24, 2.45) is 5.73 Å². The van der Waals surface area contributed by atoms with Crippen LogP contribution in [0.4, 0.5) is 4.79 Å². The summed E-state index contributed by atoms with van der Waals surface area (Å²) in [6.45, 7) is 6.44. The van der Waals surface area contributed by atoms with Crippen LogP contribution < -0.4 is 11.1 Å². The lowest BCUT2D eigenvalue weighted by atomic mass is 9.96. The van der Waals surface area contributed by atoms with E-state index in [1.54, 1.807) is 0 Å². The highest BCUT2D eigenvalue weighted by atomic mass is 16.6. The highest BCUT2D eigenvalue weighted by molar-refractivity contribution is 5.68. The molecule has 0 aromatic heterocycles. The quantitative estimate of drug-likeness (QED) is 0.875. The fourth-order valence-electron chi connectivity index (χ4n) is 2.44. The predicted molar refractivity (Wildman–Crippen MR) is 97.9 cm³/mol. The summed E-state index contributed by atoms with van der Waals surface area (Å²) in [5, 5.41) is 2.79. The molecule has 0 aliphatic carbocycles. The molecule has 1 unspecified atom stereocenters. The zero-order chi connectivity index (χ0) is 17.6. The number of carbonyl (C=O) groups excluding carboxylic acids is 1. The molecule has 0 radical (unpaired) electrons. The summed E-state index contributed by atoms with van der Waals surface area (Å²) in [5.41, 5.74) is 8.82. The van der Waals surface area contributed by atoms with Crippen molar-refractivity contribution < 1.29 is 9.53 Å². The number of amides is 1. The molecular weight excluding hydrogens is 300 g/mol. The molecule has 0 saturated carbocycles. The van der Waals surface area contributed by atoms with E-state index in [4.69, 9.17) is 10.5 Å². The van der Waals surface area contributed by atoms with Crippen LogP contribution in [0.25, 0.3) is 11.1 Å². The van der Waals surface area contributed by atoms with Crippen LogP contribution in [0.15, 0.2) is 54.6 Å². The van der Waals surface area contributed by atoms with Gasteiger partial charge < -0.3 is 15.8 Å². The van der Waals surface area contributed by atoms with E-state index in [2.05, 4.69) is 41.7 Å². The zero-order valence-electron chi connectivity index (χ0n) is 14.6. The van der Waals surface area contributed by atoms with E-state index in [1.807, 2.05) is 39.0 Å². The Morgan fingerprint density at radius 2 is 1.62 bits per heavy atom. The van der Waals surface area contributed by atoms with E-state index in [-0.39, 0.29) is 5.92 Å². The third-order valence-electron chi connectivity index (χ3n) is 3.67. The molecule has 0 bridgehead atoms. The first-order chi connectivity index (χ1) is 11.4. The molecule has 0 saturated heterocycles. The highest BCUT2D eigenvalue weighted by Crippen LogP contribution is 2.22. The molecule has 2 aromatic rings. The van der Waals surface area contributed by atoms with Crippen molar-refractivity contribution in [3.8, 4) is 11.1 Å². The van der Waals surface area contributed by atoms with Gasteiger partial charge in [0, 0.05) is 19.0 Å². The SMILES string of the molecule is CC(C)(C)OC(=O)NCC(CN)c1ccc(-c2ccccc2)cc1. The summed E-state index contributed by atoms with van der Waals surface area (Å²) in [6.07, 6.45) is -0.415. The maximum Gasteiger partial charge on any atom is 0.407 e. The lowest BCUT2D eigenvalue weighted by Crippen LogP contribution is -2.36. The largest absolute Gasteiger partial charge is 0.444 e. The Hall–Kier alpha value is -2.33. The second-order valence-corrected chi connectivity index (χ2v) is 6.80. The lowest BCUT2D eigenvalue weighted by molar-refractivity contribution is 0.0525. The Labute approximate surface area is 144 Å². The van der Waals surface area contributed by atoms with Gasteiger partial charge in [0.15, 0.2) is 0 Å². The number of hydrogen-bond donors (Lipinski definition) is 2. The molecule has 24 heavy (non-hydrogen) atoms. The molecule has 128 valence electrons. The first kappa shape index (κ1) is 18.0. The summed E-state index contributed by atoms with van der Waals surface area (Å²) < 4.78 is 5.25. The minimum atomic E-state index is -0.500. The van der Waals surface area contributed by atoms with Gasteiger partial charge in [0.1, 0.15) is 5.60 Å². The molecule has 4 heteroatoms. The molecule has 0 aliphatic rings. The van der Waals surface area contributed by atoms with Crippen LogP contribution in [0, 0.1) is 0 Å². The zero-order valence-corrected chi connectivity index (χ0v) is 14.6. The van der Waals surface area contributed by atoms with Crippen LogP contribution in [-0.2, 0) is 4.74 Å². The Morgan fingerprint density at radius 3 is 2.17 bits per heavy atom. The second kappa shape index (κ2) is 7.97. The Kier molecular flexibility index (Phi) is 5.99. The van der Waals surface area contributed by atoms with E-state index < -0.39 is 11.7 Å². The highest BCUT2D eigenvalue weighted by Gasteiger charge is 2.17. The van der Waals surface area contributed by atoms with Gasteiger partial charge in [-0.1, -0.05) is 54.6 Å². The van der Waals surface area contributed by atoms with E-state index in [0.29, 0.717) is 13.1 Å². The average molecular weight is 326 g/mol. The molecule has 1 atom stereocenters. The van der Waals surface area contributed by atoms with Crippen molar-refractivity contribution in [3.05, 3.63) is 60.2 Å². The van der Waals surface area contributed by atoms with Crippen LogP contribution in [0.2, 0.25) is 0 Å². The molecule has 0 fully saturated rings. The van der Waals surface area contributed by atoms with E-state index in [1.165, 1.54) is 5.56 Å². The van der Waals surface area contributed by atoms with Crippen molar-refractivity contribution in [1.82, 2.24) is 5.32 Å². The van der Waals surface area contributed by atoms with Gasteiger partial charge in [0.25, 0.3) is 0 Å². The number of alkyl carbamates (subject to hydrolysis) is 1. The van der Waals surface area contributed by atoms with Crippen molar-refractivity contribution in [2.75, 3.05) is 13.1 Å². The Bertz CT molecular complexity index is 646. The summed E-state index contributed by atoms with van der Waals surface area (Å²) in [4.78, 5) is 11.8. The van der Waals surface area contributed by atoms with Gasteiger partial charge >= 0.3 is 6.09 Å². The first-order valence-electron chi connectivity index (χ1n) is 8.21. The van der Waals surface area contributed by atoms with Crippen LogP contribution in [0.1, 0.15) is 32.3 Å². The number of benzene rings is 2. The van der Waals surface area contributed by atoms with Crippen LogP contribution in [-0.4, -0.2) is 24.8 Å². The van der Waals surface area contributed by atoms with E-state index in [0.717, 1.165) is 11.1 Å². The topological polar surface area (TPSA) is 64.3 Å². The Balaban J connectivity index is 1.99. The first-order valence-corrected chi connectivity index (χ1v) is 8.21. The molecule has 2 rings (SSSR count). The fraction of sp³-hybridized carbons (Fsp3) is 0.350. The van der Waals surface area contributed by atoms with Gasteiger partial charge in [0.05, 0.1) is 0 Å². The van der Waals surface area contributed by atoms with Crippen molar-refractivity contribution in [1.29, 1.82) is 0 Å². The van der Waals surface area contributed by atoms with Gasteiger partial charge in [0.2, 0.25) is 0 Å². The average Bonchev–Trinajstić information content (AvgIpc) is 2.55. The molecule has 2 aromatic carbocycles. The standard InChI is InChI=1S/C20H26N2O2/c1-20(2,3)24-19(23)22-14-18(13-21)17-11-9-16(10-12-17)15-7-5-4-6-8-15/h4-12,18H,13-14,21H2,1-3H3,(H,22,23). The minimum absolute atomic E-state index is 0.0577. The minimum Gasteiger partial charge on any atom is -0.444 e. The number of hydrogen-bond acceptors (Lipinski definition) is 3. The van der Waals surface area contributed by atoms with Gasteiger partial charge in [-0.2, -0.15) is 0 Å².